The lowest BCUT2D eigenvalue weighted by atomic mass is 10.1. The highest BCUT2D eigenvalue weighted by Gasteiger charge is 2.16. The molecular weight excluding hydrogens is 552 g/mol. The van der Waals surface area contributed by atoms with Gasteiger partial charge in [0.2, 0.25) is 5.91 Å². The number of aryl methyl sites for hydroxylation is 2. The maximum Gasteiger partial charge on any atom is 0.272 e. The summed E-state index contributed by atoms with van der Waals surface area (Å²) in [6, 6.07) is 27.4. The minimum Gasteiger partial charge on any atom is -0.325 e. The number of nitrogens with one attached hydrogen (secondary N) is 3. The molecule has 0 saturated carbocycles. The molecule has 3 amide bonds. The number of anilines is 2. The number of nitro groups is 1. The first-order valence-electron chi connectivity index (χ1n) is 12.9. The van der Waals surface area contributed by atoms with Gasteiger partial charge in [0.05, 0.1) is 16.4 Å². The van der Waals surface area contributed by atoms with Crippen molar-refractivity contribution < 1.29 is 19.3 Å². The maximum atomic E-state index is 13.3. The molecule has 10 heteroatoms. The first-order chi connectivity index (χ1) is 20.2. The lowest BCUT2D eigenvalue weighted by molar-refractivity contribution is -0.384. The van der Waals surface area contributed by atoms with E-state index in [1.807, 2.05) is 31.2 Å². The van der Waals surface area contributed by atoms with Crippen molar-refractivity contribution in [3.05, 3.63) is 135 Å². The fourth-order valence-electron chi connectivity index (χ4n) is 3.92. The van der Waals surface area contributed by atoms with Crippen LogP contribution in [0, 0.1) is 24.0 Å². The quantitative estimate of drug-likeness (QED) is 0.0867. The number of hydrogen-bond donors (Lipinski definition) is 3. The van der Waals surface area contributed by atoms with Gasteiger partial charge in [0.1, 0.15) is 5.70 Å². The van der Waals surface area contributed by atoms with E-state index in [9.17, 15) is 24.5 Å². The monoisotopic (exact) mass is 580 g/mol. The van der Waals surface area contributed by atoms with E-state index in [1.54, 1.807) is 73.7 Å². The molecule has 4 rings (SSSR count). The van der Waals surface area contributed by atoms with Gasteiger partial charge in [-0.25, -0.2) is 0 Å². The second kappa shape index (κ2) is 13.9. The predicted octanol–water partition coefficient (Wildman–Crippen LogP) is 6.35. The van der Waals surface area contributed by atoms with Crippen LogP contribution in [0.1, 0.15) is 27.0 Å². The van der Waals surface area contributed by atoms with Crippen molar-refractivity contribution in [1.29, 1.82) is 0 Å². The fraction of sp³-hybridized carbons (Fsp3) is 0.0938. The smallest absolute Gasteiger partial charge is 0.272 e. The molecule has 0 atom stereocenters. The second-order valence-corrected chi connectivity index (χ2v) is 10.4. The average molecular weight is 581 g/mol. The van der Waals surface area contributed by atoms with Gasteiger partial charge in [0, 0.05) is 28.3 Å². The number of nitro benzene ring substituents is 1. The third-order valence-electron chi connectivity index (χ3n) is 6.05. The number of carbonyl (C=O) groups is 3. The first-order valence-corrected chi connectivity index (χ1v) is 13.9. The van der Waals surface area contributed by atoms with Crippen LogP contribution < -0.4 is 16.0 Å². The normalized spacial score (nSPS) is 11.0. The number of benzene rings is 4. The van der Waals surface area contributed by atoms with Gasteiger partial charge in [0.15, 0.2) is 0 Å². The summed E-state index contributed by atoms with van der Waals surface area (Å²) in [4.78, 5) is 50.1. The van der Waals surface area contributed by atoms with Crippen LogP contribution in [0.2, 0.25) is 0 Å². The van der Waals surface area contributed by atoms with Crippen LogP contribution >= 0.6 is 11.8 Å². The minimum absolute atomic E-state index is 0.0468. The molecule has 42 heavy (non-hydrogen) atoms. The molecule has 9 nitrogen and oxygen atoms in total. The Bertz CT molecular complexity index is 1670. The number of carbonyl (C=O) groups excluding carboxylic acids is 3. The minimum atomic E-state index is -0.516. The Kier molecular flexibility index (Phi) is 9.85. The molecule has 0 fully saturated rings. The van der Waals surface area contributed by atoms with E-state index in [1.165, 1.54) is 23.9 Å². The van der Waals surface area contributed by atoms with Crippen molar-refractivity contribution in [2.75, 3.05) is 16.4 Å². The van der Waals surface area contributed by atoms with E-state index in [0.29, 0.717) is 22.5 Å². The van der Waals surface area contributed by atoms with Crippen molar-refractivity contribution in [1.82, 2.24) is 5.32 Å². The highest BCUT2D eigenvalue weighted by molar-refractivity contribution is 8.00. The highest BCUT2D eigenvalue weighted by Crippen LogP contribution is 2.25. The topological polar surface area (TPSA) is 130 Å². The molecule has 0 aliphatic heterocycles. The summed E-state index contributed by atoms with van der Waals surface area (Å²) < 4.78 is 0. The molecule has 4 aromatic carbocycles. The van der Waals surface area contributed by atoms with Crippen LogP contribution in [-0.4, -0.2) is 28.4 Å². The molecule has 4 aromatic rings. The predicted molar refractivity (Wildman–Crippen MR) is 165 cm³/mol. The molecule has 0 aromatic heterocycles. The third kappa shape index (κ3) is 8.39. The SMILES string of the molecule is Cc1cccc(/C=C(/NC(=O)c2ccccc2)C(=O)Nc2cccc(SCC(=O)Nc3cc([N+](=O)[O-])ccc3C)c2)c1. The molecule has 3 N–H and O–H groups in total. The van der Waals surface area contributed by atoms with E-state index < -0.39 is 16.7 Å². The number of hydrogen-bond acceptors (Lipinski definition) is 6. The average Bonchev–Trinajstić information content (AvgIpc) is 2.97. The molecule has 0 bridgehead atoms. The highest BCUT2D eigenvalue weighted by atomic mass is 32.2. The van der Waals surface area contributed by atoms with Gasteiger partial charge in [-0.2, -0.15) is 0 Å². The van der Waals surface area contributed by atoms with E-state index in [2.05, 4.69) is 16.0 Å². The van der Waals surface area contributed by atoms with Gasteiger partial charge < -0.3 is 16.0 Å². The van der Waals surface area contributed by atoms with E-state index in [-0.39, 0.29) is 23.0 Å². The Labute approximate surface area is 247 Å². The van der Waals surface area contributed by atoms with Crippen LogP contribution in [0.15, 0.2) is 108 Å². The zero-order valence-corrected chi connectivity index (χ0v) is 23.7. The molecule has 0 unspecified atom stereocenters. The Balaban J connectivity index is 1.45. The largest absolute Gasteiger partial charge is 0.325 e. The lowest BCUT2D eigenvalue weighted by Crippen LogP contribution is -2.30. The third-order valence-corrected chi connectivity index (χ3v) is 7.04. The van der Waals surface area contributed by atoms with Crippen molar-refractivity contribution in [3.8, 4) is 0 Å². The Morgan fingerprint density at radius 2 is 1.62 bits per heavy atom. The second-order valence-electron chi connectivity index (χ2n) is 9.37. The van der Waals surface area contributed by atoms with Crippen molar-refractivity contribution >= 4 is 52.6 Å². The summed E-state index contributed by atoms with van der Waals surface area (Å²) >= 11 is 1.24. The molecular formula is C32H28N4O5S. The van der Waals surface area contributed by atoms with Gasteiger partial charge in [0.25, 0.3) is 17.5 Å². The molecule has 0 saturated heterocycles. The number of rotatable bonds is 10. The summed E-state index contributed by atoms with van der Waals surface area (Å²) in [5.74, 6) is -1.21. The summed E-state index contributed by atoms with van der Waals surface area (Å²) in [6.07, 6.45) is 1.61. The Morgan fingerprint density at radius 1 is 0.857 bits per heavy atom. The van der Waals surface area contributed by atoms with Gasteiger partial charge in [-0.3, -0.25) is 24.5 Å². The standard InChI is InChI=1S/C32H28N4O5S/c1-21-8-6-9-23(16-21)17-29(35-31(38)24-10-4-3-5-11-24)32(39)33-25-12-7-13-27(18-25)42-20-30(37)34-28-19-26(36(40)41)15-14-22(28)2/h3-19H,20H2,1-2H3,(H,33,39)(H,34,37)(H,35,38)/b29-17+. The van der Waals surface area contributed by atoms with E-state index in [4.69, 9.17) is 0 Å². The summed E-state index contributed by atoms with van der Waals surface area (Å²) in [6.45, 7) is 3.69. The zero-order chi connectivity index (χ0) is 30.1. The van der Waals surface area contributed by atoms with Gasteiger partial charge in [-0.1, -0.05) is 60.2 Å². The summed E-state index contributed by atoms with van der Waals surface area (Å²) in [5.41, 5.74) is 3.69. The van der Waals surface area contributed by atoms with Gasteiger partial charge in [-0.15, -0.1) is 11.8 Å². The summed E-state index contributed by atoms with van der Waals surface area (Å²) in [5, 5.41) is 19.3. The number of amides is 3. The first kappa shape index (κ1) is 29.8. The van der Waals surface area contributed by atoms with E-state index in [0.717, 1.165) is 16.0 Å². The molecule has 0 aliphatic carbocycles. The molecule has 0 spiro atoms. The van der Waals surface area contributed by atoms with E-state index >= 15 is 0 Å². The zero-order valence-electron chi connectivity index (χ0n) is 22.9. The molecule has 0 aliphatic rings. The van der Waals surface area contributed by atoms with Crippen LogP contribution in [0.4, 0.5) is 17.1 Å². The molecule has 0 heterocycles. The summed E-state index contributed by atoms with van der Waals surface area (Å²) in [7, 11) is 0. The Morgan fingerprint density at radius 3 is 2.36 bits per heavy atom. The number of nitrogens with zero attached hydrogens (tertiary/aromatic N) is 1. The van der Waals surface area contributed by atoms with Gasteiger partial charge in [-0.05, 0) is 61.4 Å². The molecule has 0 radical (unpaired) electrons. The van der Waals surface area contributed by atoms with Crippen LogP contribution in [-0.2, 0) is 9.59 Å². The van der Waals surface area contributed by atoms with Crippen LogP contribution in [0.25, 0.3) is 6.08 Å². The number of non-ortho nitro benzene ring substituents is 1. The fourth-order valence-corrected chi connectivity index (χ4v) is 4.68. The maximum absolute atomic E-state index is 13.3. The van der Waals surface area contributed by atoms with Crippen molar-refractivity contribution in [3.63, 3.8) is 0 Å². The Hall–Kier alpha value is -5.22. The van der Waals surface area contributed by atoms with Crippen molar-refractivity contribution in [2.24, 2.45) is 0 Å². The van der Waals surface area contributed by atoms with Crippen LogP contribution in [0.5, 0.6) is 0 Å². The van der Waals surface area contributed by atoms with Crippen molar-refractivity contribution in [2.45, 2.75) is 18.7 Å². The van der Waals surface area contributed by atoms with Gasteiger partial charge >= 0.3 is 0 Å². The number of thioether (sulfide) groups is 1. The van der Waals surface area contributed by atoms with Crippen LogP contribution in [0.3, 0.4) is 0 Å². The lowest BCUT2D eigenvalue weighted by Gasteiger charge is -2.12. The molecule has 212 valence electrons.